The summed E-state index contributed by atoms with van der Waals surface area (Å²) in [5.41, 5.74) is 0. The fourth-order valence-corrected chi connectivity index (χ4v) is 4.01. The molecule has 0 radical (unpaired) electrons. The standard InChI is InChI=1S/C17H32F2N2/c1-13(2)11-15-5-8-20(9-6-15)16-7-10-21(14(3)4)12-17(16,18)19/h13-16H,5-12H2,1-4H3. The lowest BCUT2D eigenvalue weighted by Gasteiger charge is -2.46. The van der Waals surface area contributed by atoms with Crippen LogP contribution in [-0.4, -0.2) is 54.0 Å². The van der Waals surface area contributed by atoms with E-state index in [-0.39, 0.29) is 12.6 Å². The van der Waals surface area contributed by atoms with Crippen LogP contribution < -0.4 is 0 Å². The van der Waals surface area contributed by atoms with Gasteiger partial charge in [0, 0.05) is 12.6 Å². The second kappa shape index (κ2) is 6.91. The fraction of sp³-hybridized carbons (Fsp3) is 1.00. The number of hydrogen-bond acceptors (Lipinski definition) is 2. The summed E-state index contributed by atoms with van der Waals surface area (Å²) in [4.78, 5) is 4.00. The van der Waals surface area contributed by atoms with E-state index in [1.54, 1.807) is 0 Å². The molecular weight excluding hydrogens is 270 g/mol. The van der Waals surface area contributed by atoms with Crippen LogP contribution in [0.4, 0.5) is 8.78 Å². The summed E-state index contributed by atoms with van der Waals surface area (Å²) in [5.74, 6) is -1.10. The van der Waals surface area contributed by atoms with E-state index in [9.17, 15) is 8.78 Å². The highest BCUT2D eigenvalue weighted by Crippen LogP contribution is 2.35. The molecule has 124 valence electrons. The van der Waals surface area contributed by atoms with Gasteiger partial charge < -0.3 is 0 Å². The molecule has 4 heteroatoms. The minimum Gasteiger partial charge on any atom is -0.295 e. The van der Waals surface area contributed by atoms with Gasteiger partial charge in [-0.05, 0) is 64.5 Å². The molecule has 0 aliphatic carbocycles. The highest BCUT2D eigenvalue weighted by atomic mass is 19.3. The van der Waals surface area contributed by atoms with Crippen LogP contribution in [0.3, 0.4) is 0 Å². The van der Waals surface area contributed by atoms with E-state index in [1.807, 2.05) is 18.7 Å². The number of piperidine rings is 2. The van der Waals surface area contributed by atoms with E-state index in [2.05, 4.69) is 18.7 Å². The third-order valence-electron chi connectivity index (χ3n) is 5.22. The zero-order chi connectivity index (χ0) is 15.6. The number of rotatable bonds is 4. The first-order valence-corrected chi connectivity index (χ1v) is 8.65. The molecule has 0 spiro atoms. The lowest BCUT2D eigenvalue weighted by atomic mass is 9.87. The summed E-state index contributed by atoms with van der Waals surface area (Å²) >= 11 is 0. The van der Waals surface area contributed by atoms with Crippen LogP contribution in [0.1, 0.15) is 53.4 Å². The molecule has 0 aromatic heterocycles. The van der Waals surface area contributed by atoms with Crippen LogP contribution in [-0.2, 0) is 0 Å². The van der Waals surface area contributed by atoms with Gasteiger partial charge >= 0.3 is 0 Å². The molecule has 2 rings (SSSR count). The molecule has 0 aromatic carbocycles. The van der Waals surface area contributed by atoms with Crippen molar-refractivity contribution in [2.75, 3.05) is 26.2 Å². The lowest BCUT2D eigenvalue weighted by Crippen LogP contribution is -2.60. The normalized spacial score (nSPS) is 29.4. The number of hydrogen-bond donors (Lipinski definition) is 0. The van der Waals surface area contributed by atoms with E-state index in [4.69, 9.17) is 0 Å². The van der Waals surface area contributed by atoms with Crippen LogP contribution in [0.25, 0.3) is 0 Å². The van der Waals surface area contributed by atoms with Crippen molar-refractivity contribution in [1.82, 2.24) is 9.80 Å². The van der Waals surface area contributed by atoms with Crippen molar-refractivity contribution in [3.05, 3.63) is 0 Å². The predicted octanol–water partition coefficient (Wildman–Crippen LogP) is 3.86. The molecule has 0 N–H and O–H groups in total. The Bertz CT molecular complexity index is 323. The number of nitrogens with zero attached hydrogens (tertiary/aromatic N) is 2. The Morgan fingerprint density at radius 3 is 2.10 bits per heavy atom. The second-order valence-electron chi connectivity index (χ2n) is 7.74. The molecule has 1 atom stereocenters. The predicted molar refractivity (Wildman–Crippen MR) is 83.8 cm³/mol. The smallest absolute Gasteiger partial charge is 0.275 e. The van der Waals surface area contributed by atoms with Crippen molar-refractivity contribution in [3.63, 3.8) is 0 Å². The zero-order valence-corrected chi connectivity index (χ0v) is 14.1. The summed E-state index contributed by atoms with van der Waals surface area (Å²) in [7, 11) is 0. The Morgan fingerprint density at radius 1 is 1.00 bits per heavy atom. The third-order valence-corrected chi connectivity index (χ3v) is 5.22. The van der Waals surface area contributed by atoms with Gasteiger partial charge in [0.05, 0.1) is 12.6 Å². The molecule has 0 bridgehead atoms. The number of likely N-dealkylation sites (tertiary alicyclic amines) is 2. The van der Waals surface area contributed by atoms with Crippen LogP contribution in [0, 0.1) is 11.8 Å². The Hall–Kier alpha value is -0.220. The van der Waals surface area contributed by atoms with Crippen LogP contribution in [0.2, 0.25) is 0 Å². The molecule has 1 unspecified atom stereocenters. The van der Waals surface area contributed by atoms with Crippen LogP contribution in [0.5, 0.6) is 0 Å². The van der Waals surface area contributed by atoms with Gasteiger partial charge in [-0.2, -0.15) is 0 Å². The molecule has 2 nitrogen and oxygen atoms in total. The summed E-state index contributed by atoms with van der Waals surface area (Å²) in [6.45, 7) is 11.0. The minimum absolute atomic E-state index is 0.0682. The van der Waals surface area contributed by atoms with Crippen molar-refractivity contribution >= 4 is 0 Å². The highest BCUT2D eigenvalue weighted by molar-refractivity contribution is 4.95. The molecule has 2 aliphatic heterocycles. The van der Waals surface area contributed by atoms with E-state index < -0.39 is 12.0 Å². The number of alkyl halides is 2. The van der Waals surface area contributed by atoms with Crippen LogP contribution >= 0.6 is 0 Å². The molecule has 0 amide bonds. The molecule has 2 saturated heterocycles. The van der Waals surface area contributed by atoms with Crippen molar-refractivity contribution in [2.24, 2.45) is 11.8 Å². The summed E-state index contributed by atoms with van der Waals surface area (Å²) in [5, 5.41) is 0. The van der Waals surface area contributed by atoms with Crippen molar-refractivity contribution < 1.29 is 8.78 Å². The van der Waals surface area contributed by atoms with E-state index in [1.165, 1.54) is 6.42 Å². The molecule has 2 heterocycles. The van der Waals surface area contributed by atoms with E-state index in [0.29, 0.717) is 6.42 Å². The molecule has 21 heavy (non-hydrogen) atoms. The van der Waals surface area contributed by atoms with Gasteiger partial charge in [0.25, 0.3) is 5.92 Å². The SMILES string of the molecule is CC(C)CC1CCN(C2CCN(C(C)C)CC2(F)F)CC1. The summed E-state index contributed by atoms with van der Waals surface area (Å²) in [6, 6.07) is -0.318. The monoisotopic (exact) mass is 302 g/mol. The molecule has 2 fully saturated rings. The quantitative estimate of drug-likeness (QED) is 0.778. The van der Waals surface area contributed by atoms with Crippen molar-refractivity contribution in [3.8, 4) is 0 Å². The summed E-state index contributed by atoms with van der Waals surface area (Å²) < 4.78 is 29.0. The largest absolute Gasteiger partial charge is 0.295 e. The Morgan fingerprint density at radius 2 is 1.62 bits per heavy atom. The van der Waals surface area contributed by atoms with E-state index in [0.717, 1.165) is 44.3 Å². The fourth-order valence-electron chi connectivity index (χ4n) is 4.01. The average Bonchev–Trinajstić information content (AvgIpc) is 2.38. The maximum atomic E-state index is 14.5. The number of halogens is 2. The third kappa shape index (κ3) is 4.38. The van der Waals surface area contributed by atoms with Gasteiger partial charge in [0.15, 0.2) is 0 Å². The average molecular weight is 302 g/mol. The molecule has 0 aromatic rings. The minimum atomic E-state index is -2.56. The van der Waals surface area contributed by atoms with Crippen molar-refractivity contribution in [1.29, 1.82) is 0 Å². The topological polar surface area (TPSA) is 6.48 Å². The van der Waals surface area contributed by atoms with Crippen molar-refractivity contribution in [2.45, 2.75) is 71.4 Å². The van der Waals surface area contributed by atoms with Gasteiger partial charge in [-0.1, -0.05) is 13.8 Å². The maximum Gasteiger partial charge on any atom is 0.275 e. The van der Waals surface area contributed by atoms with Gasteiger partial charge in [-0.25, -0.2) is 8.78 Å². The molecule has 0 saturated carbocycles. The Kier molecular flexibility index (Phi) is 5.64. The second-order valence-corrected chi connectivity index (χ2v) is 7.74. The first kappa shape index (κ1) is 17.1. The zero-order valence-electron chi connectivity index (χ0n) is 14.1. The Labute approximate surface area is 128 Å². The van der Waals surface area contributed by atoms with Gasteiger partial charge in [0.2, 0.25) is 0 Å². The van der Waals surface area contributed by atoms with Crippen LogP contribution in [0.15, 0.2) is 0 Å². The van der Waals surface area contributed by atoms with Gasteiger partial charge in [-0.15, -0.1) is 0 Å². The lowest BCUT2D eigenvalue weighted by molar-refractivity contribution is -0.137. The Balaban J connectivity index is 1.88. The molecular formula is C17H32F2N2. The highest BCUT2D eigenvalue weighted by Gasteiger charge is 2.48. The first-order valence-electron chi connectivity index (χ1n) is 8.65. The van der Waals surface area contributed by atoms with Gasteiger partial charge in [-0.3, -0.25) is 9.80 Å². The maximum absolute atomic E-state index is 14.5. The van der Waals surface area contributed by atoms with Gasteiger partial charge in [0.1, 0.15) is 0 Å². The summed E-state index contributed by atoms with van der Waals surface area (Å²) in [6.07, 6.45) is 4.05. The molecule has 2 aliphatic rings. The van der Waals surface area contributed by atoms with E-state index >= 15 is 0 Å². The first-order chi connectivity index (χ1) is 9.79.